The fraction of sp³-hybridized carbons (Fsp3) is 0.263. The Labute approximate surface area is 175 Å². The highest BCUT2D eigenvalue weighted by atomic mass is 35.5. The Morgan fingerprint density at radius 2 is 1.82 bits per heavy atom. The number of urea groups is 1. The van der Waals surface area contributed by atoms with E-state index in [-0.39, 0.29) is 35.4 Å². The van der Waals surface area contributed by atoms with Gasteiger partial charge in [-0.1, -0.05) is 23.7 Å². The number of halogens is 2. The highest BCUT2D eigenvalue weighted by Gasteiger charge is 2.15. The molecule has 0 aliphatic rings. The van der Waals surface area contributed by atoms with Gasteiger partial charge in [0.05, 0.1) is 23.4 Å². The van der Waals surface area contributed by atoms with E-state index in [1.54, 1.807) is 12.1 Å². The first-order valence-corrected chi connectivity index (χ1v) is 8.75. The summed E-state index contributed by atoms with van der Waals surface area (Å²) >= 11 is 5.99. The van der Waals surface area contributed by atoms with Gasteiger partial charge in [0.15, 0.2) is 0 Å². The van der Waals surface area contributed by atoms with Gasteiger partial charge in [-0.3, -0.25) is 4.79 Å². The van der Waals surface area contributed by atoms with Crippen LogP contribution in [-0.4, -0.2) is 25.1 Å². The molecule has 0 unspecified atom stereocenters. The third kappa shape index (κ3) is 6.51. The summed E-state index contributed by atoms with van der Waals surface area (Å²) in [6.07, 6.45) is 0. The predicted molar refractivity (Wildman–Crippen MR) is 115 cm³/mol. The fourth-order valence-corrected chi connectivity index (χ4v) is 2.49. The van der Waals surface area contributed by atoms with Crippen LogP contribution in [0.5, 0.6) is 5.75 Å². The molecular formula is C19H24Cl2N4O3. The summed E-state index contributed by atoms with van der Waals surface area (Å²) in [5.41, 5.74) is 7.91. The molecule has 0 aliphatic heterocycles. The SMILES string of the molecule is COc1cc(N)c(Cl)cc1C(=O)NCc1ccc(NC(=O)NC(C)C)cc1.Cl. The Hall–Kier alpha value is -2.64. The summed E-state index contributed by atoms with van der Waals surface area (Å²) in [6.45, 7) is 4.08. The highest BCUT2D eigenvalue weighted by Crippen LogP contribution is 2.28. The lowest BCUT2D eigenvalue weighted by Gasteiger charge is -2.12. The van der Waals surface area contributed by atoms with Gasteiger partial charge in [-0.05, 0) is 37.6 Å². The van der Waals surface area contributed by atoms with Crippen LogP contribution in [0.25, 0.3) is 0 Å². The maximum atomic E-state index is 12.4. The van der Waals surface area contributed by atoms with Crippen LogP contribution in [0, 0.1) is 0 Å². The largest absolute Gasteiger partial charge is 0.496 e. The summed E-state index contributed by atoms with van der Waals surface area (Å²) in [7, 11) is 1.46. The second-order valence-electron chi connectivity index (χ2n) is 6.21. The van der Waals surface area contributed by atoms with E-state index >= 15 is 0 Å². The zero-order valence-corrected chi connectivity index (χ0v) is 17.4. The fourth-order valence-electron chi connectivity index (χ4n) is 2.33. The number of nitrogen functional groups attached to an aromatic ring is 1. The minimum absolute atomic E-state index is 0. The normalized spacial score (nSPS) is 10.0. The van der Waals surface area contributed by atoms with Gasteiger partial charge in [0.1, 0.15) is 5.75 Å². The first-order chi connectivity index (χ1) is 12.8. The molecule has 5 N–H and O–H groups in total. The smallest absolute Gasteiger partial charge is 0.319 e. The van der Waals surface area contributed by atoms with E-state index in [2.05, 4.69) is 16.0 Å². The topological polar surface area (TPSA) is 105 Å². The Bertz CT molecular complexity index is 827. The van der Waals surface area contributed by atoms with E-state index in [4.69, 9.17) is 22.1 Å². The average molecular weight is 427 g/mol. The minimum atomic E-state index is -0.327. The van der Waals surface area contributed by atoms with Crippen molar-refractivity contribution in [1.82, 2.24) is 10.6 Å². The number of nitrogens with one attached hydrogen (secondary N) is 3. The summed E-state index contributed by atoms with van der Waals surface area (Å²) in [5, 5.41) is 8.58. The van der Waals surface area contributed by atoms with E-state index in [1.807, 2.05) is 26.0 Å². The molecule has 0 atom stereocenters. The number of ether oxygens (including phenoxy) is 1. The van der Waals surface area contributed by atoms with Crippen molar-refractivity contribution in [2.24, 2.45) is 0 Å². The molecule has 9 heteroatoms. The molecule has 152 valence electrons. The number of anilines is 2. The summed E-state index contributed by atoms with van der Waals surface area (Å²) in [4.78, 5) is 24.1. The van der Waals surface area contributed by atoms with E-state index in [0.29, 0.717) is 29.2 Å². The van der Waals surface area contributed by atoms with Crippen LogP contribution in [0.3, 0.4) is 0 Å². The molecule has 3 amide bonds. The summed E-state index contributed by atoms with van der Waals surface area (Å²) in [6, 6.07) is 9.95. The second-order valence-corrected chi connectivity index (χ2v) is 6.61. The van der Waals surface area contributed by atoms with Crippen molar-refractivity contribution < 1.29 is 14.3 Å². The zero-order chi connectivity index (χ0) is 20.0. The molecule has 2 aromatic carbocycles. The number of carbonyl (C=O) groups is 2. The van der Waals surface area contributed by atoms with E-state index in [1.165, 1.54) is 19.2 Å². The molecule has 2 aromatic rings. The van der Waals surface area contributed by atoms with Crippen LogP contribution in [0.1, 0.15) is 29.8 Å². The summed E-state index contributed by atoms with van der Waals surface area (Å²) in [5.74, 6) is 0.0253. The van der Waals surface area contributed by atoms with Gasteiger partial charge < -0.3 is 26.4 Å². The molecule has 0 aromatic heterocycles. The van der Waals surface area contributed by atoms with Crippen molar-refractivity contribution in [1.29, 1.82) is 0 Å². The molecule has 0 heterocycles. The number of nitrogens with two attached hydrogens (primary N) is 1. The van der Waals surface area contributed by atoms with Crippen LogP contribution >= 0.6 is 24.0 Å². The summed E-state index contributed by atoms with van der Waals surface area (Å²) < 4.78 is 5.19. The van der Waals surface area contributed by atoms with Gasteiger partial charge in [0.25, 0.3) is 5.91 Å². The maximum absolute atomic E-state index is 12.4. The number of methoxy groups -OCH3 is 1. The lowest BCUT2D eigenvalue weighted by Crippen LogP contribution is -2.34. The average Bonchev–Trinajstić information content (AvgIpc) is 2.62. The van der Waals surface area contributed by atoms with Crippen molar-refractivity contribution in [2.75, 3.05) is 18.2 Å². The molecule has 0 spiro atoms. The van der Waals surface area contributed by atoms with Crippen LogP contribution in [0.4, 0.5) is 16.2 Å². The first kappa shape index (κ1) is 23.4. The Morgan fingerprint density at radius 3 is 2.39 bits per heavy atom. The molecule has 0 saturated carbocycles. The van der Waals surface area contributed by atoms with Gasteiger partial charge in [-0.2, -0.15) is 0 Å². The zero-order valence-electron chi connectivity index (χ0n) is 15.8. The van der Waals surface area contributed by atoms with Crippen LogP contribution in [-0.2, 0) is 6.54 Å². The van der Waals surface area contributed by atoms with Gasteiger partial charge in [0.2, 0.25) is 0 Å². The van der Waals surface area contributed by atoms with Crippen molar-refractivity contribution in [2.45, 2.75) is 26.4 Å². The van der Waals surface area contributed by atoms with Crippen LogP contribution in [0.2, 0.25) is 5.02 Å². The molecule has 0 aliphatic carbocycles. The third-order valence-corrected chi connectivity index (χ3v) is 3.98. The number of amides is 3. The second kappa shape index (κ2) is 10.6. The number of benzene rings is 2. The van der Waals surface area contributed by atoms with Crippen molar-refractivity contribution in [3.05, 3.63) is 52.5 Å². The van der Waals surface area contributed by atoms with Crippen molar-refractivity contribution >= 4 is 47.3 Å². The quantitative estimate of drug-likeness (QED) is 0.526. The number of carbonyl (C=O) groups excluding carboxylic acids is 2. The molecule has 7 nitrogen and oxygen atoms in total. The number of hydrogen-bond acceptors (Lipinski definition) is 4. The minimum Gasteiger partial charge on any atom is -0.496 e. The Morgan fingerprint density at radius 1 is 1.18 bits per heavy atom. The Balaban J connectivity index is 0.00000392. The Kier molecular flexibility index (Phi) is 8.88. The van der Waals surface area contributed by atoms with E-state index in [0.717, 1.165) is 5.56 Å². The maximum Gasteiger partial charge on any atom is 0.319 e. The third-order valence-electron chi connectivity index (χ3n) is 3.65. The van der Waals surface area contributed by atoms with Crippen molar-refractivity contribution in [3.8, 4) is 5.75 Å². The molecular weight excluding hydrogens is 403 g/mol. The standard InChI is InChI=1S/C19H23ClN4O3.ClH/c1-11(2)23-19(26)24-13-6-4-12(5-7-13)10-22-18(25)14-8-15(20)16(21)9-17(14)27-3;/h4-9,11H,10,21H2,1-3H3,(H,22,25)(H2,23,24,26);1H. The van der Waals surface area contributed by atoms with E-state index < -0.39 is 0 Å². The van der Waals surface area contributed by atoms with Crippen LogP contribution < -0.4 is 26.4 Å². The van der Waals surface area contributed by atoms with Crippen molar-refractivity contribution in [3.63, 3.8) is 0 Å². The number of hydrogen-bond donors (Lipinski definition) is 4. The molecule has 0 fully saturated rings. The lowest BCUT2D eigenvalue weighted by atomic mass is 10.1. The van der Waals surface area contributed by atoms with Gasteiger partial charge in [-0.25, -0.2) is 4.79 Å². The molecule has 2 rings (SSSR count). The van der Waals surface area contributed by atoms with Gasteiger partial charge >= 0.3 is 6.03 Å². The number of rotatable bonds is 6. The van der Waals surface area contributed by atoms with Gasteiger partial charge in [-0.15, -0.1) is 12.4 Å². The predicted octanol–water partition coefficient (Wildman–Crippen LogP) is 3.81. The molecule has 28 heavy (non-hydrogen) atoms. The molecule has 0 radical (unpaired) electrons. The highest BCUT2D eigenvalue weighted by molar-refractivity contribution is 6.33. The van der Waals surface area contributed by atoms with Gasteiger partial charge in [0, 0.05) is 24.3 Å². The lowest BCUT2D eigenvalue weighted by molar-refractivity contribution is 0.0948. The van der Waals surface area contributed by atoms with E-state index in [9.17, 15) is 9.59 Å². The molecule has 0 bridgehead atoms. The first-order valence-electron chi connectivity index (χ1n) is 8.37. The monoisotopic (exact) mass is 426 g/mol. The van der Waals surface area contributed by atoms with Crippen LogP contribution in [0.15, 0.2) is 36.4 Å². The molecule has 0 saturated heterocycles.